The van der Waals surface area contributed by atoms with Gasteiger partial charge in [-0.05, 0) is 19.3 Å². The predicted octanol–water partition coefficient (Wildman–Crippen LogP) is 1.68. The Hall–Kier alpha value is -1.57. The largest absolute Gasteiger partial charge is 0.332 e. The first-order chi connectivity index (χ1) is 9.03. The lowest BCUT2D eigenvalue weighted by Crippen LogP contribution is -2.32. The van der Waals surface area contributed by atoms with Crippen LogP contribution in [0.5, 0.6) is 0 Å². The smallest absolute Gasteiger partial charge is 0.300 e. The molecule has 0 aromatic carbocycles. The zero-order valence-electron chi connectivity index (χ0n) is 12.2. The fourth-order valence-corrected chi connectivity index (χ4v) is 1.05. The molecule has 0 heterocycles. The summed E-state index contributed by atoms with van der Waals surface area (Å²) in [5.74, 6) is -1.93. The normalized spacial score (nSPS) is 9.60. The van der Waals surface area contributed by atoms with Crippen molar-refractivity contribution in [3.8, 4) is 0 Å². The van der Waals surface area contributed by atoms with Gasteiger partial charge in [-0.2, -0.15) is 0 Å². The van der Waals surface area contributed by atoms with E-state index in [0.29, 0.717) is 19.3 Å². The average molecular weight is 286 g/mol. The fraction of sp³-hybridized carbons (Fsp3) is 0.750. The van der Waals surface area contributed by atoms with Gasteiger partial charge in [-0.25, -0.2) is 0 Å². The number of hydrogen-bond donors (Lipinski definition) is 0. The van der Waals surface area contributed by atoms with Gasteiger partial charge in [0.1, 0.15) is 0 Å². The zero-order chi connectivity index (χ0) is 14.7. The molecule has 0 fully saturated rings. The minimum absolute atomic E-state index is 0. The summed E-state index contributed by atoms with van der Waals surface area (Å²) in [6.45, 7) is 5.37. The first-order valence-corrected chi connectivity index (χ1v) is 6.45. The first kappa shape index (κ1) is 20.7. The topological polar surface area (TPSA) is 82.1 Å². The Labute approximate surface area is 121 Å². The monoisotopic (exact) mass is 286 g/mol. The van der Waals surface area contributed by atoms with E-state index in [0.717, 1.165) is 0 Å². The van der Waals surface area contributed by atoms with Gasteiger partial charge in [-0.1, -0.05) is 20.8 Å². The van der Waals surface area contributed by atoms with Crippen LogP contribution in [0.2, 0.25) is 0 Å². The Bertz CT molecular complexity index is 263. The molecule has 0 unspecified atom stereocenters. The molecule has 7 nitrogen and oxygen atoms in total. The minimum atomic E-state index is -0.643. The van der Waals surface area contributed by atoms with E-state index in [2.05, 4.69) is 14.5 Å². The van der Waals surface area contributed by atoms with Crippen LogP contribution in [0, 0.1) is 0 Å². The second kappa shape index (κ2) is 12.5. The molecule has 0 amide bonds. The predicted molar refractivity (Wildman–Crippen MR) is 70.6 cm³/mol. The summed E-state index contributed by atoms with van der Waals surface area (Å²) in [6.07, 6.45) is 2.10. The first-order valence-electron chi connectivity index (χ1n) is 6.45. The quantitative estimate of drug-likeness (QED) is 0.471. The van der Waals surface area contributed by atoms with Crippen molar-refractivity contribution in [3.63, 3.8) is 0 Å². The molecule has 0 aliphatic rings. The molecule has 0 aliphatic carbocycles. The SMILES string of the molecule is CCCC(=O)ON(OC(=O)CCC)OC(=O)CCC.[B]. The van der Waals surface area contributed by atoms with Crippen LogP contribution in [-0.2, 0) is 28.9 Å². The highest BCUT2D eigenvalue weighted by atomic mass is 17.2. The maximum atomic E-state index is 11.3. The van der Waals surface area contributed by atoms with Crippen LogP contribution in [0.4, 0.5) is 0 Å². The van der Waals surface area contributed by atoms with Crippen molar-refractivity contribution in [1.29, 1.82) is 0 Å². The van der Waals surface area contributed by atoms with Crippen molar-refractivity contribution in [2.45, 2.75) is 59.3 Å². The Morgan fingerprint density at radius 2 is 0.950 bits per heavy atom. The molecular weight excluding hydrogens is 265 g/mol. The van der Waals surface area contributed by atoms with Gasteiger partial charge in [-0.15, -0.1) is 0 Å². The Morgan fingerprint density at radius 1 is 0.700 bits per heavy atom. The summed E-state index contributed by atoms with van der Waals surface area (Å²) >= 11 is 0. The van der Waals surface area contributed by atoms with Crippen LogP contribution in [0.3, 0.4) is 0 Å². The van der Waals surface area contributed by atoms with Crippen molar-refractivity contribution < 1.29 is 28.9 Å². The van der Waals surface area contributed by atoms with Crippen LogP contribution in [-0.4, -0.2) is 31.7 Å². The van der Waals surface area contributed by atoms with Crippen molar-refractivity contribution in [2.24, 2.45) is 0 Å². The van der Waals surface area contributed by atoms with E-state index in [-0.39, 0.29) is 33.1 Å². The molecule has 0 N–H and O–H groups in total. The van der Waals surface area contributed by atoms with Gasteiger partial charge in [0.25, 0.3) is 0 Å². The molecule has 0 aliphatic heterocycles. The van der Waals surface area contributed by atoms with Gasteiger partial charge in [0.2, 0.25) is 5.39 Å². The third kappa shape index (κ3) is 10.4. The molecule has 8 heteroatoms. The van der Waals surface area contributed by atoms with E-state index in [4.69, 9.17) is 0 Å². The standard InChI is InChI=1S/C12H21NO6.B/c1-4-7-10(14)17-13(18-11(15)8-5-2)19-12(16)9-6-3;/h4-9H2,1-3H3;. The lowest BCUT2D eigenvalue weighted by atomic mass is 10.3. The third-order valence-electron chi connectivity index (χ3n) is 1.89. The Morgan fingerprint density at radius 3 is 1.15 bits per heavy atom. The van der Waals surface area contributed by atoms with Crippen LogP contribution in [0.25, 0.3) is 0 Å². The maximum absolute atomic E-state index is 11.3. The lowest BCUT2D eigenvalue weighted by molar-refractivity contribution is -0.464. The molecular formula is C12H21BNO6. The fourth-order valence-electron chi connectivity index (χ4n) is 1.05. The van der Waals surface area contributed by atoms with Crippen molar-refractivity contribution >= 4 is 26.3 Å². The molecule has 0 saturated heterocycles. The van der Waals surface area contributed by atoms with Crippen LogP contribution in [0.15, 0.2) is 0 Å². The summed E-state index contributed by atoms with van der Waals surface area (Å²) in [5.41, 5.74) is 0. The molecule has 113 valence electrons. The molecule has 20 heavy (non-hydrogen) atoms. The van der Waals surface area contributed by atoms with E-state index in [9.17, 15) is 14.4 Å². The molecule has 0 bridgehead atoms. The Balaban J connectivity index is 0. The van der Waals surface area contributed by atoms with Crippen molar-refractivity contribution in [3.05, 3.63) is 0 Å². The highest BCUT2D eigenvalue weighted by Crippen LogP contribution is 2.04. The van der Waals surface area contributed by atoms with Crippen molar-refractivity contribution in [2.75, 3.05) is 0 Å². The zero-order valence-corrected chi connectivity index (χ0v) is 12.2. The van der Waals surface area contributed by atoms with Gasteiger partial charge in [-0.3, -0.25) is 14.4 Å². The number of rotatable bonds is 9. The van der Waals surface area contributed by atoms with Crippen LogP contribution in [0.1, 0.15) is 59.3 Å². The molecule has 0 aromatic heterocycles. The van der Waals surface area contributed by atoms with Crippen LogP contribution < -0.4 is 0 Å². The third-order valence-corrected chi connectivity index (χ3v) is 1.89. The molecule has 0 saturated carbocycles. The summed E-state index contributed by atoms with van der Waals surface area (Å²) in [7, 11) is 0. The lowest BCUT2D eigenvalue weighted by Gasteiger charge is -2.16. The summed E-state index contributed by atoms with van der Waals surface area (Å²) in [6, 6.07) is 0. The van der Waals surface area contributed by atoms with E-state index in [1.54, 1.807) is 20.8 Å². The molecule has 0 spiro atoms. The second-order valence-electron chi connectivity index (χ2n) is 3.86. The molecule has 0 aromatic rings. The molecule has 0 rings (SSSR count). The van der Waals surface area contributed by atoms with E-state index >= 15 is 0 Å². The van der Waals surface area contributed by atoms with Crippen molar-refractivity contribution in [1.82, 2.24) is 5.39 Å². The van der Waals surface area contributed by atoms with E-state index in [1.807, 2.05) is 0 Å². The highest BCUT2D eigenvalue weighted by molar-refractivity contribution is 5.75. The van der Waals surface area contributed by atoms with Gasteiger partial charge in [0.15, 0.2) is 0 Å². The Kier molecular flexibility index (Phi) is 12.9. The van der Waals surface area contributed by atoms with Gasteiger partial charge in [0, 0.05) is 27.7 Å². The summed E-state index contributed by atoms with van der Waals surface area (Å²) in [4.78, 5) is 47.8. The number of nitrogens with zero attached hydrogens (tertiary/aromatic N) is 1. The van der Waals surface area contributed by atoms with Gasteiger partial charge in [0.05, 0.1) is 0 Å². The highest BCUT2D eigenvalue weighted by Gasteiger charge is 2.21. The second-order valence-corrected chi connectivity index (χ2v) is 3.86. The number of carbonyl (C=O) groups excluding carboxylic acids is 3. The van der Waals surface area contributed by atoms with E-state index in [1.165, 1.54) is 0 Å². The van der Waals surface area contributed by atoms with Gasteiger partial charge < -0.3 is 14.5 Å². The number of carbonyl (C=O) groups is 3. The minimum Gasteiger partial charge on any atom is -0.300 e. The summed E-state index contributed by atoms with van der Waals surface area (Å²) in [5, 5.41) is 0.202. The van der Waals surface area contributed by atoms with Gasteiger partial charge >= 0.3 is 17.9 Å². The molecule has 3 radical (unpaired) electrons. The average Bonchev–Trinajstić information content (AvgIpc) is 2.29. The van der Waals surface area contributed by atoms with E-state index < -0.39 is 17.9 Å². The maximum Gasteiger partial charge on any atom is 0.332 e. The van der Waals surface area contributed by atoms with Crippen LogP contribution >= 0.6 is 0 Å². The number of hydrogen-bond acceptors (Lipinski definition) is 7. The molecule has 0 atom stereocenters. The summed E-state index contributed by atoms with van der Waals surface area (Å²) < 4.78 is 0.